The third-order valence-corrected chi connectivity index (χ3v) is 5.43. The molecule has 0 aliphatic rings. The number of nitrogens with zero attached hydrogens (tertiary/aromatic N) is 1. The molecule has 1 aromatic heterocycles. The Kier molecular flexibility index (Phi) is 6.43. The van der Waals surface area contributed by atoms with Crippen molar-refractivity contribution in [3.8, 4) is 17.6 Å². The van der Waals surface area contributed by atoms with E-state index in [4.69, 9.17) is 4.74 Å². The summed E-state index contributed by atoms with van der Waals surface area (Å²) in [5, 5.41) is 0.767. The number of hydrogen-bond acceptors (Lipinski definition) is 4. The van der Waals surface area contributed by atoms with Crippen LogP contribution in [0.25, 0.3) is 10.9 Å². The van der Waals surface area contributed by atoms with E-state index in [2.05, 4.69) is 28.1 Å². The van der Waals surface area contributed by atoms with Crippen molar-refractivity contribution < 1.29 is 13.2 Å². The Morgan fingerprint density at radius 3 is 2.75 bits per heavy atom. The van der Waals surface area contributed by atoms with Gasteiger partial charge in [0.05, 0.1) is 12.1 Å². The second-order valence-electron chi connectivity index (χ2n) is 5.90. The topological polar surface area (TPSA) is 68.3 Å². The van der Waals surface area contributed by atoms with E-state index < -0.39 is 10.0 Å². The van der Waals surface area contributed by atoms with E-state index in [0.29, 0.717) is 11.9 Å². The number of rotatable bonds is 7. The standard InChI is InChI=1S/C22H20N2O3S/c1-2-9-18-10-3-4-13-20(18)27-17-6-5-16-24-28(25,26)21-14-7-11-19-12-8-15-23-22(19)21/h2-4,7-8,10-15,24H,1,9,16-17H2. The molecular formula is C22H20N2O3S. The molecule has 142 valence electrons. The summed E-state index contributed by atoms with van der Waals surface area (Å²) >= 11 is 0. The average molecular weight is 392 g/mol. The third kappa shape index (κ3) is 4.77. The van der Waals surface area contributed by atoms with Crippen molar-refractivity contribution >= 4 is 20.9 Å². The van der Waals surface area contributed by atoms with E-state index in [1.54, 1.807) is 18.3 Å². The highest BCUT2D eigenvalue weighted by atomic mass is 32.2. The molecule has 2 aromatic carbocycles. The molecule has 0 fully saturated rings. The normalized spacial score (nSPS) is 10.9. The summed E-state index contributed by atoms with van der Waals surface area (Å²) in [6.45, 7) is 3.89. The van der Waals surface area contributed by atoms with Crippen LogP contribution in [0, 0.1) is 11.8 Å². The Labute approximate surface area is 165 Å². The molecule has 0 saturated carbocycles. The van der Waals surface area contributed by atoms with Crippen LogP contribution in [0.15, 0.2) is 78.3 Å². The van der Waals surface area contributed by atoms with E-state index in [-0.39, 0.29) is 18.0 Å². The van der Waals surface area contributed by atoms with Gasteiger partial charge in [0.2, 0.25) is 10.0 Å². The van der Waals surface area contributed by atoms with Crippen molar-refractivity contribution in [1.29, 1.82) is 0 Å². The summed E-state index contributed by atoms with van der Waals surface area (Å²) in [5.41, 5.74) is 1.47. The minimum atomic E-state index is -3.71. The molecule has 3 aromatic rings. The van der Waals surface area contributed by atoms with Gasteiger partial charge in [-0.05, 0) is 30.2 Å². The largest absolute Gasteiger partial charge is 0.481 e. The monoisotopic (exact) mass is 392 g/mol. The van der Waals surface area contributed by atoms with E-state index in [1.807, 2.05) is 42.5 Å². The molecule has 0 aliphatic heterocycles. The van der Waals surface area contributed by atoms with Gasteiger partial charge >= 0.3 is 0 Å². The van der Waals surface area contributed by atoms with E-state index in [9.17, 15) is 8.42 Å². The van der Waals surface area contributed by atoms with E-state index >= 15 is 0 Å². The van der Waals surface area contributed by atoms with Crippen LogP contribution >= 0.6 is 0 Å². The summed E-state index contributed by atoms with van der Waals surface area (Å²) in [7, 11) is -3.71. The highest BCUT2D eigenvalue weighted by molar-refractivity contribution is 7.89. The number of para-hydroxylation sites is 2. The van der Waals surface area contributed by atoms with Crippen molar-refractivity contribution in [2.45, 2.75) is 11.3 Å². The molecule has 0 aliphatic carbocycles. The number of nitrogens with one attached hydrogen (secondary N) is 1. The average Bonchev–Trinajstić information content (AvgIpc) is 2.71. The first kappa shape index (κ1) is 19.6. The van der Waals surface area contributed by atoms with Crippen LogP contribution < -0.4 is 9.46 Å². The molecule has 0 amide bonds. The van der Waals surface area contributed by atoms with Crippen LogP contribution in [0.2, 0.25) is 0 Å². The molecule has 0 bridgehead atoms. The first-order valence-electron chi connectivity index (χ1n) is 8.72. The zero-order chi connectivity index (χ0) is 19.8. The van der Waals surface area contributed by atoms with Crippen molar-refractivity contribution in [3.05, 3.63) is 79.0 Å². The summed E-state index contributed by atoms with van der Waals surface area (Å²) in [6, 6.07) is 16.3. The molecule has 0 unspecified atom stereocenters. The van der Waals surface area contributed by atoms with Crippen LogP contribution in [0.4, 0.5) is 0 Å². The molecule has 0 spiro atoms. The minimum absolute atomic E-state index is 0.0107. The molecule has 0 atom stereocenters. The number of aromatic nitrogens is 1. The zero-order valence-electron chi connectivity index (χ0n) is 15.3. The molecule has 1 N–H and O–H groups in total. The van der Waals surface area contributed by atoms with E-state index in [1.165, 1.54) is 6.07 Å². The Hall–Kier alpha value is -3.14. The summed E-state index contributed by atoms with van der Waals surface area (Å²) in [5.74, 6) is 6.35. The Balaban J connectivity index is 1.60. The Morgan fingerprint density at radius 2 is 1.89 bits per heavy atom. The predicted octanol–water partition coefficient (Wildman–Crippen LogP) is 3.32. The number of fused-ring (bicyclic) bond motifs is 1. The maximum absolute atomic E-state index is 12.6. The summed E-state index contributed by atoms with van der Waals surface area (Å²) in [4.78, 5) is 4.32. The van der Waals surface area contributed by atoms with Crippen LogP contribution in [0.3, 0.4) is 0 Å². The number of ether oxygens (including phenoxy) is 1. The van der Waals surface area contributed by atoms with Gasteiger partial charge in [0, 0.05) is 11.6 Å². The number of hydrogen-bond donors (Lipinski definition) is 1. The first-order valence-corrected chi connectivity index (χ1v) is 10.2. The van der Waals surface area contributed by atoms with Crippen LogP contribution in [0.5, 0.6) is 5.75 Å². The highest BCUT2D eigenvalue weighted by Crippen LogP contribution is 2.20. The second kappa shape index (κ2) is 9.18. The quantitative estimate of drug-likeness (QED) is 0.495. The van der Waals surface area contributed by atoms with Gasteiger partial charge in [-0.15, -0.1) is 6.58 Å². The second-order valence-corrected chi connectivity index (χ2v) is 7.63. The lowest BCUT2D eigenvalue weighted by Gasteiger charge is -2.07. The molecular weight excluding hydrogens is 372 g/mol. The number of sulfonamides is 1. The van der Waals surface area contributed by atoms with E-state index in [0.717, 1.165) is 16.7 Å². The van der Waals surface area contributed by atoms with Gasteiger partial charge < -0.3 is 4.74 Å². The van der Waals surface area contributed by atoms with Crippen molar-refractivity contribution in [2.75, 3.05) is 13.2 Å². The van der Waals surface area contributed by atoms with Gasteiger partial charge in [0.25, 0.3) is 0 Å². The number of benzene rings is 2. The fourth-order valence-electron chi connectivity index (χ4n) is 2.70. The maximum atomic E-state index is 12.6. The lowest BCUT2D eigenvalue weighted by molar-refractivity contribution is 0.366. The molecule has 0 saturated heterocycles. The van der Waals surface area contributed by atoms with Crippen LogP contribution in [-0.4, -0.2) is 26.6 Å². The van der Waals surface area contributed by atoms with Gasteiger partial charge in [-0.3, -0.25) is 4.98 Å². The predicted molar refractivity (Wildman–Crippen MR) is 111 cm³/mol. The fraction of sp³-hybridized carbons (Fsp3) is 0.136. The molecule has 1 heterocycles. The molecule has 3 rings (SSSR count). The molecule has 5 nitrogen and oxygen atoms in total. The smallest absolute Gasteiger partial charge is 0.243 e. The maximum Gasteiger partial charge on any atom is 0.243 e. The number of allylic oxidation sites excluding steroid dienone is 1. The lowest BCUT2D eigenvalue weighted by atomic mass is 10.1. The molecule has 0 radical (unpaired) electrons. The van der Waals surface area contributed by atoms with Crippen molar-refractivity contribution in [3.63, 3.8) is 0 Å². The Bertz CT molecular complexity index is 1140. The molecule has 6 heteroatoms. The number of pyridine rings is 1. The minimum Gasteiger partial charge on any atom is -0.481 e. The first-order chi connectivity index (χ1) is 13.6. The van der Waals surface area contributed by atoms with Gasteiger partial charge in [0.15, 0.2) is 0 Å². The summed E-state index contributed by atoms with van der Waals surface area (Å²) < 4.78 is 33.3. The summed E-state index contributed by atoms with van der Waals surface area (Å²) in [6.07, 6.45) is 4.09. The molecule has 28 heavy (non-hydrogen) atoms. The fourth-order valence-corrected chi connectivity index (χ4v) is 3.80. The van der Waals surface area contributed by atoms with Crippen LogP contribution in [0.1, 0.15) is 5.56 Å². The van der Waals surface area contributed by atoms with Gasteiger partial charge in [0.1, 0.15) is 17.3 Å². The Morgan fingerprint density at radius 1 is 1.07 bits per heavy atom. The third-order valence-electron chi connectivity index (χ3n) is 4.00. The van der Waals surface area contributed by atoms with Crippen molar-refractivity contribution in [2.24, 2.45) is 0 Å². The van der Waals surface area contributed by atoms with Crippen molar-refractivity contribution in [1.82, 2.24) is 9.71 Å². The highest BCUT2D eigenvalue weighted by Gasteiger charge is 2.16. The zero-order valence-corrected chi connectivity index (χ0v) is 16.1. The van der Waals surface area contributed by atoms with Crippen LogP contribution in [-0.2, 0) is 16.4 Å². The van der Waals surface area contributed by atoms with Gasteiger partial charge in [-0.1, -0.05) is 54.3 Å². The van der Waals surface area contributed by atoms with Gasteiger partial charge in [-0.25, -0.2) is 8.42 Å². The lowest BCUT2D eigenvalue weighted by Crippen LogP contribution is -2.24. The SMILES string of the molecule is C=CCc1ccccc1OCC#CCNS(=O)(=O)c1cccc2cccnc12. The van der Waals surface area contributed by atoms with Gasteiger partial charge in [-0.2, -0.15) is 4.72 Å².